The minimum Gasteiger partial charge on any atom is -0.375 e. The molecule has 0 saturated heterocycles. The highest BCUT2D eigenvalue weighted by Crippen LogP contribution is 2.47. The molecular formula is C28H41N5O3. The Balaban J connectivity index is 1.52. The number of aryl methyl sites for hydroxylation is 2. The highest BCUT2D eigenvalue weighted by atomic mass is 16.5. The number of hydrogen-bond donors (Lipinski definition) is 2. The SMILES string of the molecule is COCC(=O)NC[C@@H](CC(=O)Nc1ccc(C)cc1C)c1nnc([C@H]2C[C@@H](CC(C)C)C2)n1C1CC1. The topological polar surface area (TPSA) is 98.1 Å². The van der Waals surface area contributed by atoms with Gasteiger partial charge in [-0.25, -0.2) is 0 Å². The summed E-state index contributed by atoms with van der Waals surface area (Å²) in [6.45, 7) is 8.89. The van der Waals surface area contributed by atoms with Crippen LogP contribution >= 0.6 is 0 Å². The van der Waals surface area contributed by atoms with Crippen LogP contribution in [0.15, 0.2) is 18.2 Å². The molecule has 1 heterocycles. The first kappa shape index (κ1) is 26.3. The van der Waals surface area contributed by atoms with Gasteiger partial charge in [-0.15, -0.1) is 10.2 Å². The number of anilines is 1. The molecule has 1 aromatic heterocycles. The van der Waals surface area contributed by atoms with E-state index in [1.54, 1.807) is 0 Å². The van der Waals surface area contributed by atoms with Crippen molar-refractivity contribution in [2.24, 2.45) is 11.8 Å². The standard InChI is InChI=1S/C28H41N5O3/c1-17(2)10-20-12-21(13-20)27-31-32-28(33(27)23-7-8-23)22(15-29-26(35)16-36-5)14-25(34)30-24-9-6-18(3)11-19(24)4/h6,9,11,17,20-23H,7-8,10,12-16H2,1-5H3,(H,29,35)(H,30,34)/t20-,21+,22-/m1/s1. The van der Waals surface area contributed by atoms with Crippen molar-refractivity contribution in [1.82, 2.24) is 20.1 Å². The van der Waals surface area contributed by atoms with Gasteiger partial charge in [0.25, 0.3) is 0 Å². The summed E-state index contributed by atoms with van der Waals surface area (Å²) in [5.41, 5.74) is 2.99. The third kappa shape index (κ3) is 6.52. The largest absolute Gasteiger partial charge is 0.375 e. The average molecular weight is 496 g/mol. The van der Waals surface area contributed by atoms with Crippen LogP contribution in [0, 0.1) is 25.7 Å². The molecule has 2 aliphatic carbocycles. The van der Waals surface area contributed by atoms with Gasteiger partial charge in [-0.05, 0) is 69.4 Å². The summed E-state index contributed by atoms with van der Waals surface area (Å²) in [6.07, 6.45) is 6.01. The molecule has 8 nitrogen and oxygen atoms in total. The number of ether oxygens (including phenoxy) is 1. The predicted octanol–water partition coefficient (Wildman–Crippen LogP) is 4.64. The van der Waals surface area contributed by atoms with Gasteiger partial charge in [0.1, 0.15) is 18.3 Å². The summed E-state index contributed by atoms with van der Waals surface area (Å²) in [5.74, 6) is 3.21. The number of methoxy groups -OCH3 is 1. The van der Waals surface area contributed by atoms with Crippen molar-refractivity contribution >= 4 is 17.5 Å². The van der Waals surface area contributed by atoms with Crippen molar-refractivity contribution < 1.29 is 14.3 Å². The molecule has 2 aliphatic rings. The maximum Gasteiger partial charge on any atom is 0.246 e. The fourth-order valence-corrected chi connectivity index (χ4v) is 5.44. The number of nitrogens with one attached hydrogen (secondary N) is 2. The summed E-state index contributed by atoms with van der Waals surface area (Å²) in [7, 11) is 1.50. The van der Waals surface area contributed by atoms with Crippen molar-refractivity contribution in [2.75, 3.05) is 25.6 Å². The Bertz CT molecular complexity index is 1070. The Hall–Kier alpha value is -2.74. The maximum atomic E-state index is 13.1. The monoisotopic (exact) mass is 495 g/mol. The van der Waals surface area contributed by atoms with E-state index in [1.165, 1.54) is 13.5 Å². The van der Waals surface area contributed by atoms with Crippen molar-refractivity contribution in [3.05, 3.63) is 41.0 Å². The van der Waals surface area contributed by atoms with Crippen molar-refractivity contribution in [2.45, 2.75) is 84.1 Å². The average Bonchev–Trinajstić information content (AvgIpc) is 3.54. The van der Waals surface area contributed by atoms with Crippen LogP contribution in [0.1, 0.15) is 93.0 Å². The maximum absolute atomic E-state index is 13.1. The van der Waals surface area contributed by atoms with Crippen LogP contribution < -0.4 is 10.6 Å². The first-order valence-electron chi connectivity index (χ1n) is 13.3. The van der Waals surface area contributed by atoms with Crippen LogP contribution in [0.4, 0.5) is 5.69 Å². The Morgan fingerprint density at radius 2 is 1.89 bits per heavy atom. The Kier molecular flexibility index (Phi) is 8.44. The van der Waals surface area contributed by atoms with Crippen molar-refractivity contribution in [1.29, 1.82) is 0 Å². The fourth-order valence-electron chi connectivity index (χ4n) is 5.44. The van der Waals surface area contributed by atoms with Crippen LogP contribution in [0.2, 0.25) is 0 Å². The van der Waals surface area contributed by atoms with E-state index in [-0.39, 0.29) is 30.8 Å². The number of carbonyl (C=O) groups excluding carboxylic acids is 2. The zero-order chi connectivity index (χ0) is 25.8. The summed E-state index contributed by atoms with van der Waals surface area (Å²) in [6, 6.07) is 6.38. The molecule has 0 radical (unpaired) electrons. The smallest absolute Gasteiger partial charge is 0.246 e. The third-order valence-electron chi connectivity index (χ3n) is 7.34. The Labute approximate surface area is 214 Å². The molecule has 2 amide bonds. The normalized spacial score (nSPS) is 20.2. The Morgan fingerprint density at radius 1 is 1.14 bits per heavy atom. The van der Waals surface area contributed by atoms with E-state index in [1.807, 2.05) is 26.0 Å². The molecule has 2 saturated carbocycles. The lowest BCUT2D eigenvalue weighted by atomic mass is 9.71. The minimum atomic E-state index is -0.273. The van der Waals surface area contributed by atoms with E-state index >= 15 is 0 Å². The van der Waals surface area contributed by atoms with Gasteiger partial charge in [-0.3, -0.25) is 9.59 Å². The van der Waals surface area contributed by atoms with E-state index in [2.05, 4.69) is 45.3 Å². The number of rotatable bonds is 12. The molecule has 36 heavy (non-hydrogen) atoms. The van der Waals surface area contributed by atoms with Gasteiger partial charge in [-0.1, -0.05) is 31.5 Å². The van der Waals surface area contributed by atoms with Gasteiger partial charge >= 0.3 is 0 Å². The van der Waals surface area contributed by atoms with Crippen LogP contribution in [0.25, 0.3) is 0 Å². The van der Waals surface area contributed by atoms with Gasteiger partial charge in [0.05, 0.1) is 0 Å². The molecule has 0 unspecified atom stereocenters. The van der Waals surface area contributed by atoms with E-state index in [0.29, 0.717) is 24.4 Å². The van der Waals surface area contributed by atoms with E-state index < -0.39 is 0 Å². The summed E-state index contributed by atoms with van der Waals surface area (Å²) in [5, 5.41) is 15.3. The second-order valence-electron chi connectivity index (χ2n) is 11.2. The quantitative estimate of drug-likeness (QED) is 0.447. The minimum absolute atomic E-state index is 0.0125. The molecule has 8 heteroatoms. The van der Waals surface area contributed by atoms with Gasteiger partial charge < -0.3 is 19.9 Å². The van der Waals surface area contributed by atoms with Crippen LogP contribution in [0.3, 0.4) is 0 Å². The zero-order valence-corrected chi connectivity index (χ0v) is 22.3. The molecule has 2 fully saturated rings. The van der Waals surface area contributed by atoms with E-state index in [4.69, 9.17) is 4.74 Å². The number of benzene rings is 1. The predicted molar refractivity (Wildman–Crippen MR) is 140 cm³/mol. The second-order valence-corrected chi connectivity index (χ2v) is 11.2. The Morgan fingerprint density at radius 3 is 2.53 bits per heavy atom. The van der Waals surface area contributed by atoms with Gasteiger partial charge in [-0.2, -0.15) is 0 Å². The van der Waals surface area contributed by atoms with Crippen LogP contribution in [0.5, 0.6) is 0 Å². The first-order chi connectivity index (χ1) is 17.2. The fraction of sp³-hybridized carbons (Fsp3) is 0.643. The first-order valence-corrected chi connectivity index (χ1v) is 13.3. The molecular weight excluding hydrogens is 454 g/mol. The molecule has 4 rings (SSSR count). The van der Waals surface area contributed by atoms with Crippen molar-refractivity contribution in [3.63, 3.8) is 0 Å². The van der Waals surface area contributed by atoms with E-state index in [9.17, 15) is 9.59 Å². The molecule has 1 aromatic carbocycles. The van der Waals surface area contributed by atoms with Crippen LogP contribution in [-0.4, -0.2) is 46.8 Å². The summed E-state index contributed by atoms with van der Waals surface area (Å²) >= 11 is 0. The summed E-state index contributed by atoms with van der Waals surface area (Å²) in [4.78, 5) is 25.3. The molecule has 0 aliphatic heterocycles. The highest BCUT2D eigenvalue weighted by molar-refractivity contribution is 5.92. The van der Waals surface area contributed by atoms with Gasteiger partial charge in [0.2, 0.25) is 11.8 Å². The lowest BCUT2D eigenvalue weighted by Crippen LogP contribution is -2.34. The molecule has 196 valence electrons. The lowest BCUT2D eigenvalue weighted by molar-refractivity contribution is -0.125. The number of amides is 2. The third-order valence-corrected chi connectivity index (χ3v) is 7.34. The summed E-state index contributed by atoms with van der Waals surface area (Å²) < 4.78 is 7.27. The molecule has 0 bridgehead atoms. The molecule has 2 N–H and O–H groups in total. The number of aromatic nitrogens is 3. The lowest BCUT2D eigenvalue weighted by Gasteiger charge is -2.36. The van der Waals surface area contributed by atoms with Crippen molar-refractivity contribution in [3.8, 4) is 0 Å². The van der Waals surface area contributed by atoms with E-state index in [0.717, 1.165) is 60.1 Å². The molecule has 0 spiro atoms. The second kappa shape index (κ2) is 11.5. The van der Waals surface area contributed by atoms with Gasteiger partial charge in [0, 0.05) is 43.6 Å². The molecule has 2 aromatic rings. The molecule has 1 atom stereocenters. The number of carbonyl (C=O) groups is 2. The highest BCUT2D eigenvalue weighted by Gasteiger charge is 2.39. The van der Waals surface area contributed by atoms with Gasteiger partial charge in [0.15, 0.2) is 0 Å². The zero-order valence-electron chi connectivity index (χ0n) is 22.3. The number of hydrogen-bond acceptors (Lipinski definition) is 5. The number of nitrogens with zero attached hydrogens (tertiary/aromatic N) is 3. The van der Waals surface area contributed by atoms with Crippen LogP contribution in [-0.2, 0) is 14.3 Å².